The maximum Gasteiger partial charge on any atom is 0.266 e. The fourth-order valence-electron chi connectivity index (χ4n) is 5.55. The molecule has 1 aliphatic carbocycles. The zero-order valence-corrected chi connectivity index (χ0v) is 25.0. The van der Waals surface area contributed by atoms with Crippen LogP contribution < -0.4 is 10.1 Å². The second-order valence-corrected chi connectivity index (χ2v) is 12.2. The molecule has 4 nitrogen and oxygen atoms in total. The first kappa shape index (κ1) is 28.9. The lowest BCUT2D eigenvalue weighted by Crippen LogP contribution is -2.44. The molecule has 1 N–H and O–H groups in total. The summed E-state index contributed by atoms with van der Waals surface area (Å²) in [6.45, 7) is 0.279. The van der Waals surface area contributed by atoms with Crippen molar-refractivity contribution in [2.45, 2.75) is 49.2 Å². The number of thioether (sulfide) groups is 1. The molecule has 3 aromatic carbocycles. The molecule has 0 bridgehead atoms. The molecular formula is C31H31ClF2N2O2S2. The highest BCUT2D eigenvalue weighted by Gasteiger charge is 2.33. The van der Waals surface area contributed by atoms with Gasteiger partial charge in [0.2, 0.25) is 0 Å². The third-order valence-electron chi connectivity index (χ3n) is 7.72. The summed E-state index contributed by atoms with van der Waals surface area (Å²) < 4.78 is 35.1. The second kappa shape index (κ2) is 12.5. The van der Waals surface area contributed by atoms with Gasteiger partial charge in [-0.05, 0) is 80.4 Å². The smallest absolute Gasteiger partial charge is 0.266 e. The van der Waals surface area contributed by atoms with Crippen molar-refractivity contribution in [3.05, 3.63) is 81.7 Å². The average molecular weight is 601 g/mol. The maximum atomic E-state index is 14.7. The van der Waals surface area contributed by atoms with Crippen LogP contribution in [0.3, 0.4) is 0 Å². The van der Waals surface area contributed by atoms with Crippen LogP contribution in [0.1, 0.15) is 40.9 Å². The van der Waals surface area contributed by atoms with E-state index in [-0.39, 0.29) is 38.5 Å². The quantitative estimate of drug-likeness (QED) is 0.206. The van der Waals surface area contributed by atoms with Crippen molar-refractivity contribution >= 4 is 50.7 Å². The number of thiophene rings is 1. The summed E-state index contributed by atoms with van der Waals surface area (Å²) in [5.74, 6) is -0.883. The number of hydrogen-bond donors (Lipinski definition) is 1. The van der Waals surface area contributed by atoms with Crippen molar-refractivity contribution in [2.75, 3.05) is 20.4 Å². The van der Waals surface area contributed by atoms with Crippen LogP contribution in [0.4, 0.5) is 8.78 Å². The Bertz CT molecular complexity index is 1540. The van der Waals surface area contributed by atoms with Crippen LogP contribution >= 0.6 is 34.7 Å². The maximum absolute atomic E-state index is 14.7. The highest BCUT2D eigenvalue weighted by atomic mass is 35.5. The summed E-state index contributed by atoms with van der Waals surface area (Å²) in [5, 5.41) is 3.26. The Kier molecular flexibility index (Phi) is 9.00. The van der Waals surface area contributed by atoms with Gasteiger partial charge in [0.1, 0.15) is 22.3 Å². The largest absolute Gasteiger partial charge is 0.496 e. The van der Waals surface area contributed by atoms with Gasteiger partial charge >= 0.3 is 0 Å². The molecule has 0 spiro atoms. The molecule has 0 unspecified atom stereocenters. The molecule has 4 aromatic rings. The Balaban J connectivity index is 1.57. The molecule has 1 aromatic heterocycles. The average Bonchev–Trinajstić information content (AvgIpc) is 3.35. The van der Waals surface area contributed by atoms with Crippen molar-refractivity contribution in [3.63, 3.8) is 0 Å². The van der Waals surface area contributed by atoms with Crippen molar-refractivity contribution in [1.82, 2.24) is 10.2 Å². The second-order valence-electron chi connectivity index (χ2n) is 9.93. The fourth-order valence-corrected chi connectivity index (χ4v) is 7.67. The van der Waals surface area contributed by atoms with E-state index < -0.39 is 11.6 Å². The summed E-state index contributed by atoms with van der Waals surface area (Å²) in [4.78, 5) is 17.3. The van der Waals surface area contributed by atoms with Crippen LogP contribution in [0.15, 0.2) is 59.5 Å². The molecule has 0 radical (unpaired) electrons. The van der Waals surface area contributed by atoms with E-state index in [1.807, 2.05) is 42.5 Å². The lowest BCUT2D eigenvalue weighted by Gasteiger charge is -2.37. The fraction of sp³-hybridized carbons (Fsp3) is 0.323. The van der Waals surface area contributed by atoms with Crippen molar-refractivity contribution in [3.8, 4) is 16.9 Å². The number of halogens is 3. The number of carbonyl (C=O) groups excluding carboxylic acids is 1. The first-order valence-electron chi connectivity index (χ1n) is 13.2. The van der Waals surface area contributed by atoms with Crippen molar-refractivity contribution in [2.24, 2.45) is 0 Å². The van der Waals surface area contributed by atoms with E-state index in [2.05, 4.69) is 23.5 Å². The van der Waals surface area contributed by atoms with Gasteiger partial charge < -0.3 is 15.0 Å². The van der Waals surface area contributed by atoms with Gasteiger partial charge in [0.15, 0.2) is 0 Å². The van der Waals surface area contributed by atoms with Gasteiger partial charge in [0, 0.05) is 29.1 Å². The number of nitrogens with zero attached hydrogens (tertiary/aromatic N) is 1. The normalized spacial score (nSPS) is 17.2. The van der Waals surface area contributed by atoms with E-state index in [0.29, 0.717) is 11.8 Å². The molecule has 1 amide bonds. The number of rotatable bonds is 8. The van der Waals surface area contributed by atoms with Crippen LogP contribution in [0.25, 0.3) is 21.2 Å². The molecule has 1 fully saturated rings. The predicted molar refractivity (Wildman–Crippen MR) is 162 cm³/mol. The summed E-state index contributed by atoms with van der Waals surface area (Å²) in [7, 11) is 3.57. The first-order valence-corrected chi connectivity index (χ1v) is 15.6. The lowest BCUT2D eigenvalue weighted by molar-refractivity contribution is 0.0604. The third-order valence-corrected chi connectivity index (χ3v) is 10.2. The molecule has 0 aliphatic heterocycles. The van der Waals surface area contributed by atoms with Gasteiger partial charge in [-0.2, -0.15) is 0 Å². The molecule has 1 saturated carbocycles. The molecule has 0 saturated heterocycles. The molecule has 1 heterocycles. The van der Waals surface area contributed by atoms with Crippen LogP contribution in [0.2, 0.25) is 5.02 Å². The van der Waals surface area contributed by atoms with Crippen LogP contribution in [-0.2, 0) is 6.54 Å². The van der Waals surface area contributed by atoms with Gasteiger partial charge in [-0.3, -0.25) is 4.79 Å². The topological polar surface area (TPSA) is 41.6 Å². The minimum atomic E-state index is -0.639. The third kappa shape index (κ3) is 5.59. The number of amides is 1. The van der Waals surface area contributed by atoms with Crippen LogP contribution in [0, 0.1) is 11.6 Å². The van der Waals surface area contributed by atoms with E-state index in [1.165, 1.54) is 0 Å². The zero-order chi connectivity index (χ0) is 28.4. The number of nitrogens with one attached hydrogen (secondary N) is 1. The van der Waals surface area contributed by atoms with Crippen LogP contribution in [-0.4, -0.2) is 43.3 Å². The first-order chi connectivity index (χ1) is 19.4. The summed E-state index contributed by atoms with van der Waals surface area (Å²) in [6, 6.07) is 16.7. The molecule has 210 valence electrons. The van der Waals surface area contributed by atoms with Gasteiger partial charge in [-0.1, -0.05) is 35.9 Å². The minimum Gasteiger partial charge on any atom is -0.496 e. The molecule has 5 rings (SSSR count). The Morgan fingerprint density at radius 2 is 1.82 bits per heavy atom. The van der Waals surface area contributed by atoms with Crippen LogP contribution in [0.5, 0.6) is 5.75 Å². The predicted octanol–water partition coefficient (Wildman–Crippen LogP) is 8.40. The van der Waals surface area contributed by atoms with E-state index in [9.17, 15) is 13.6 Å². The van der Waals surface area contributed by atoms with E-state index in [4.69, 9.17) is 16.3 Å². The number of methoxy groups -OCH3 is 1. The lowest BCUT2D eigenvalue weighted by atomic mass is 9.89. The zero-order valence-electron chi connectivity index (χ0n) is 22.6. The van der Waals surface area contributed by atoms with Crippen molar-refractivity contribution < 1.29 is 18.3 Å². The Labute approximate surface area is 246 Å². The molecular weight excluding hydrogens is 570 g/mol. The minimum absolute atomic E-state index is 0.0366. The number of carbonyl (C=O) groups is 1. The van der Waals surface area contributed by atoms with E-state index >= 15 is 0 Å². The highest BCUT2D eigenvalue weighted by molar-refractivity contribution is 7.98. The summed E-state index contributed by atoms with van der Waals surface area (Å²) >= 11 is 9.17. The molecule has 1 aliphatic rings. The highest BCUT2D eigenvalue weighted by Crippen LogP contribution is 2.41. The van der Waals surface area contributed by atoms with E-state index in [1.54, 1.807) is 18.9 Å². The monoisotopic (exact) mass is 600 g/mol. The number of ether oxygens (including phenoxy) is 1. The summed E-state index contributed by atoms with van der Waals surface area (Å²) in [6.07, 6.45) is 5.50. The van der Waals surface area contributed by atoms with Gasteiger partial charge in [-0.15, -0.1) is 23.1 Å². The SMILES string of the molecule is CNC1CCC(N(Cc2cc(-c3ccccc3SC)ccc2OC)C(=O)c2sc3c(F)ccc(F)c3c2Cl)CC1. The molecule has 40 heavy (non-hydrogen) atoms. The number of fused-ring (bicyclic) bond motifs is 1. The van der Waals surface area contributed by atoms with Gasteiger partial charge in [0.25, 0.3) is 5.91 Å². The molecule has 9 heteroatoms. The Hall–Kier alpha value is -2.65. The van der Waals surface area contributed by atoms with E-state index in [0.717, 1.165) is 70.7 Å². The van der Waals surface area contributed by atoms with Gasteiger partial charge in [0.05, 0.1) is 22.2 Å². The standard InChI is InChI=1S/C31H31ClF2N2O2S2/c1-35-20-9-11-21(12-10-20)36(31(37)30-28(32)27-23(33)13-14-24(34)29(27)40-30)17-19-16-18(8-15-25(19)38-2)22-6-4-5-7-26(22)39-3/h4-8,13-16,20-21,35H,9-12,17H2,1-3H3. The molecule has 0 atom stereocenters. The van der Waals surface area contributed by atoms with Gasteiger partial charge in [-0.25, -0.2) is 8.78 Å². The Morgan fingerprint density at radius 3 is 2.50 bits per heavy atom. The number of hydrogen-bond acceptors (Lipinski definition) is 5. The number of benzene rings is 3. The Morgan fingerprint density at radius 1 is 1.10 bits per heavy atom. The summed E-state index contributed by atoms with van der Waals surface area (Å²) in [5.41, 5.74) is 2.98. The van der Waals surface area contributed by atoms with Crippen molar-refractivity contribution in [1.29, 1.82) is 0 Å².